The number of rotatable bonds is 3. The Morgan fingerprint density at radius 3 is 2.67 bits per heavy atom. The largest absolute Gasteiger partial charge is 0.323 e. The topological polar surface area (TPSA) is 41.1 Å². The van der Waals surface area contributed by atoms with Crippen LogP contribution in [0.3, 0.4) is 0 Å². The predicted molar refractivity (Wildman–Crippen MR) is 60.6 cm³/mol. The molecule has 1 heterocycles. The monoisotopic (exact) mass is 258 g/mol. The highest BCUT2D eigenvalue weighted by molar-refractivity contribution is 5.91. The summed E-state index contributed by atoms with van der Waals surface area (Å²) in [6.45, 7) is 0.859. The highest BCUT2D eigenvalue weighted by Crippen LogP contribution is 2.19. The third-order valence-electron chi connectivity index (χ3n) is 2.88. The first-order valence-electron chi connectivity index (χ1n) is 5.74. The van der Waals surface area contributed by atoms with Gasteiger partial charge in [-0.2, -0.15) is 0 Å². The molecule has 1 aliphatic heterocycles. The summed E-state index contributed by atoms with van der Waals surface area (Å²) in [7, 11) is 0. The van der Waals surface area contributed by atoms with E-state index in [0.29, 0.717) is 12.1 Å². The van der Waals surface area contributed by atoms with Gasteiger partial charge in [0.25, 0.3) is 0 Å². The summed E-state index contributed by atoms with van der Waals surface area (Å²) in [5, 5.41) is 5.36. The van der Waals surface area contributed by atoms with Gasteiger partial charge in [0, 0.05) is 24.6 Å². The summed E-state index contributed by atoms with van der Waals surface area (Å²) in [5.41, 5.74) is -0.336. The lowest BCUT2D eigenvalue weighted by Gasteiger charge is -2.11. The zero-order chi connectivity index (χ0) is 13.1. The van der Waals surface area contributed by atoms with Gasteiger partial charge in [-0.3, -0.25) is 4.79 Å². The summed E-state index contributed by atoms with van der Waals surface area (Å²) in [6, 6.07) is 1.13. The van der Waals surface area contributed by atoms with Gasteiger partial charge < -0.3 is 10.6 Å². The Morgan fingerprint density at radius 2 is 2.00 bits per heavy atom. The number of carbonyl (C=O) groups is 1. The quantitative estimate of drug-likeness (QED) is 0.816. The van der Waals surface area contributed by atoms with Crippen molar-refractivity contribution in [2.75, 3.05) is 11.9 Å². The maximum atomic E-state index is 13.3. The number of carbonyl (C=O) groups excluding carboxylic acids is 1. The second-order valence-electron chi connectivity index (χ2n) is 4.29. The summed E-state index contributed by atoms with van der Waals surface area (Å²) in [4.78, 5) is 11.6. The van der Waals surface area contributed by atoms with Crippen molar-refractivity contribution in [1.82, 2.24) is 5.32 Å². The Bertz CT molecular complexity index is 459. The van der Waals surface area contributed by atoms with Crippen LogP contribution in [0, 0.1) is 17.5 Å². The number of anilines is 1. The summed E-state index contributed by atoms with van der Waals surface area (Å²) >= 11 is 0. The molecule has 3 nitrogen and oxygen atoms in total. The predicted octanol–water partition coefficient (Wildman–Crippen LogP) is 2.18. The SMILES string of the molecule is O=C(CC1CCCN1)Nc1cc(F)c(F)cc1F. The standard InChI is InChI=1S/C12H13F3N2O/c13-8-5-10(15)11(6-9(8)14)17-12(18)4-7-2-1-3-16-7/h5-7,16H,1-4H2,(H,17,18). The Labute approximate surface area is 102 Å². The van der Waals surface area contributed by atoms with Crippen molar-refractivity contribution in [3.8, 4) is 0 Å². The molecular formula is C12H13F3N2O. The van der Waals surface area contributed by atoms with E-state index in [1.54, 1.807) is 0 Å². The lowest BCUT2D eigenvalue weighted by Crippen LogP contribution is -2.27. The summed E-state index contributed by atoms with van der Waals surface area (Å²) in [5.74, 6) is -3.87. The van der Waals surface area contributed by atoms with Crippen LogP contribution < -0.4 is 10.6 Å². The van der Waals surface area contributed by atoms with Gasteiger partial charge in [0.05, 0.1) is 5.69 Å². The van der Waals surface area contributed by atoms with Crippen molar-refractivity contribution in [1.29, 1.82) is 0 Å². The fourth-order valence-corrected chi connectivity index (χ4v) is 1.97. The second-order valence-corrected chi connectivity index (χ2v) is 4.29. The molecule has 2 N–H and O–H groups in total. The number of halogens is 3. The average Bonchev–Trinajstić information content (AvgIpc) is 2.78. The fourth-order valence-electron chi connectivity index (χ4n) is 1.97. The molecule has 0 bridgehead atoms. The number of hydrogen-bond acceptors (Lipinski definition) is 2. The van der Waals surface area contributed by atoms with Gasteiger partial charge in [-0.1, -0.05) is 0 Å². The lowest BCUT2D eigenvalue weighted by atomic mass is 10.1. The first-order chi connectivity index (χ1) is 8.56. The van der Waals surface area contributed by atoms with Gasteiger partial charge in [-0.15, -0.1) is 0 Å². The van der Waals surface area contributed by atoms with Crippen LogP contribution in [0.2, 0.25) is 0 Å². The molecule has 18 heavy (non-hydrogen) atoms. The number of nitrogens with one attached hydrogen (secondary N) is 2. The van der Waals surface area contributed by atoms with Gasteiger partial charge in [-0.05, 0) is 19.4 Å². The Kier molecular flexibility index (Phi) is 3.86. The summed E-state index contributed by atoms with van der Waals surface area (Å²) in [6.07, 6.45) is 2.07. The van der Waals surface area contributed by atoms with Crippen LogP contribution in [0.4, 0.5) is 18.9 Å². The molecule has 1 saturated heterocycles. The van der Waals surface area contributed by atoms with Crippen LogP contribution in [-0.4, -0.2) is 18.5 Å². The highest BCUT2D eigenvalue weighted by Gasteiger charge is 2.19. The van der Waals surface area contributed by atoms with Gasteiger partial charge in [-0.25, -0.2) is 13.2 Å². The van der Waals surface area contributed by atoms with E-state index in [1.165, 1.54) is 0 Å². The van der Waals surface area contributed by atoms with E-state index in [-0.39, 0.29) is 18.2 Å². The highest BCUT2D eigenvalue weighted by atomic mass is 19.2. The van der Waals surface area contributed by atoms with E-state index in [2.05, 4.69) is 10.6 Å². The van der Waals surface area contributed by atoms with Crippen LogP contribution in [0.15, 0.2) is 12.1 Å². The minimum Gasteiger partial charge on any atom is -0.323 e. The normalized spacial score (nSPS) is 18.9. The Balaban J connectivity index is 2.00. The van der Waals surface area contributed by atoms with Crippen molar-refractivity contribution < 1.29 is 18.0 Å². The third-order valence-corrected chi connectivity index (χ3v) is 2.88. The van der Waals surface area contributed by atoms with Crippen molar-refractivity contribution in [2.24, 2.45) is 0 Å². The molecule has 0 radical (unpaired) electrons. The van der Waals surface area contributed by atoms with Crippen molar-refractivity contribution in [2.45, 2.75) is 25.3 Å². The lowest BCUT2D eigenvalue weighted by molar-refractivity contribution is -0.116. The molecule has 1 aliphatic rings. The van der Waals surface area contributed by atoms with E-state index in [0.717, 1.165) is 19.4 Å². The van der Waals surface area contributed by atoms with E-state index < -0.39 is 23.4 Å². The zero-order valence-electron chi connectivity index (χ0n) is 9.60. The average molecular weight is 258 g/mol. The number of benzene rings is 1. The zero-order valence-corrected chi connectivity index (χ0v) is 9.60. The van der Waals surface area contributed by atoms with Gasteiger partial charge in [0.15, 0.2) is 11.6 Å². The van der Waals surface area contributed by atoms with Gasteiger partial charge >= 0.3 is 0 Å². The maximum Gasteiger partial charge on any atom is 0.226 e. The second kappa shape index (κ2) is 5.39. The van der Waals surface area contributed by atoms with Crippen LogP contribution in [0.25, 0.3) is 0 Å². The molecule has 1 unspecified atom stereocenters. The molecule has 1 atom stereocenters. The minimum absolute atomic E-state index is 0.0679. The number of amides is 1. The first kappa shape index (κ1) is 12.9. The van der Waals surface area contributed by atoms with Gasteiger partial charge in [0.1, 0.15) is 5.82 Å². The molecule has 1 amide bonds. The molecule has 0 saturated carbocycles. The van der Waals surface area contributed by atoms with Crippen molar-refractivity contribution >= 4 is 11.6 Å². The molecule has 0 spiro atoms. The molecule has 1 fully saturated rings. The van der Waals surface area contributed by atoms with Crippen LogP contribution in [-0.2, 0) is 4.79 Å². The van der Waals surface area contributed by atoms with Crippen LogP contribution >= 0.6 is 0 Å². The van der Waals surface area contributed by atoms with Crippen LogP contribution in [0.5, 0.6) is 0 Å². The smallest absolute Gasteiger partial charge is 0.226 e. The van der Waals surface area contributed by atoms with E-state index >= 15 is 0 Å². The molecule has 0 aromatic heterocycles. The molecule has 1 aromatic rings. The Hall–Kier alpha value is -1.56. The van der Waals surface area contributed by atoms with Crippen molar-refractivity contribution in [3.63, 3.8) is 0 Å². The first-order valence-corrected chi connectivity index (χ1v) is 5.74. The molecule has 2 rings (SSSR count). The van der Waals surface area contributed by atoms with E-state index in [4.69, 9.17) is 0 Å². The molecule has 98 valence electrons. The summed E-state index contributed by atoms with van der Waals surface area (Å²) < 4.78 is 38.9. The maximum absolute atomic E-state index is 13.3. The third kappa shape index (κ3) is 3.01. The molecule has 1 aromatic carbocycles. The van der Waals surface area contributed by atoms with Gasteiger partial charge in [0.2, 0.25) is 5.91 Å². The Morgan fingerprint density at radius 1 is 1.28 bits per heavy atom. The minimum atomic E-state index is -1.28. The van der Waals surface area contributed by atoms with Crippen LogP contribution in [0.1, 0.15) is 19.3 Å². The molecular weight excluding hydrogens is 245 g/mol. The number of hydrogen-bond donors (Lipinski definition) is 2. The molecule has 0 aliphatic carbocycles. The molecule has 6 heteroatoms. The van der Waals surface area contributed by atoms with E-state index in [9.17, 15) is 18.0 Å². The van der Waals surface area contributed by atoms with Crippen molar-refractivity contribution in [3.05, 3.63) is 29.6 Å². The fraction of sp³-hybridized carbons (Fsp3) is 0.417. The van der Waals surface area contributed by atoms with E-state index in [1.807, 2.05) is 0 Å².